The van der Waals surface area contributed by atoms with Gasteiger partial charge >= 0.3 is 8.80 Å². The average molecular weight is 243 g/mol. The second kappa shape index (κ2) is 7.61. The SMILES string of the molecule is CO[Si](OC)(OC)C(CO)CCCCl. The highest BCUT2D eigenvalue weighted by Crippen LogP contribution is 2.28. The van der Waals surface area contributed by atoms with Gasteiger partial charge in [0.1, 0.15) is 0 Å². The van der Waals surface area contributed by atoms with Crippen LogP contribution in [0.15, 0.2) is 0 Å². The van der Waals surface area contributed by atoms with E-state index in [1.807, 2.05) is 0 Å². The molecule has 86 valence electrons. The van der Waals surface area contributed by atoms with Crippen molar-refractivity contribution in [1.29, 1.82) is 0 Å². The molecule has 0 radical (unpaired) electrons. The Morgan fingerprint density at radius 1 is 1.21 bits per heavy atom. The lowest BCUT2D eigenvalue weighted by Gasteiger charge is -2.31. The molecule has 0 aromatic heterocycles. The topological polar surface area (TPSA) is 47.9 Å². The van der Waals surface area contributed by atoms with Crippen molar-refractivity contribution < 1.29 is 18.4 Å². The maximum Gasteiger partial charge on any atom is 0.505 e. The molecule has 0 aliphatic rings. The van der Waals surface area contributed by atoms with Crippen molar-refractivity contribution in [2.24, 2.45) is 0 Å². The summed E-state index contributed by atoms with van der Waals surface area (Å²) in [5.74, 6) is 0.568. The third kappa shape index (κ3) is 3.49. The summed E-state index contributed by atoms with van der Waals surface area (Å²) >= 11 is 5.59. The smallest absolute Gasteiger partial charge is 0.396 e. The highest BCUT2D eigenvalue weighted by molar-refractivity contribution is 6.62. The quantitative estimate of drug-likeness (QED) is 0.514. The van der Waals surface area contributed by atoms with Crippen LogP contribution >= 0.6 is 11.6 Å². The lowest BCUT2D eigenvalue weighted by atomic mass is 10.2. The van der Waals surface area contributed by atoms with Gasteiger partial charge in [0.05, 0.1) is 12.1 Å². The summed E-state index contributed by atoms with van der Waals surface area (Å²) < 4.78 is 15.8. The van der Waals surface area contributed by atoms with E-state index in [0.717, 1.165) is 12.8 Å². The van der Waals surface area contributed by atoms with Gasteiger partial charge in [-0.05, 0) is 12.8 Å². The summed E-state index contributed by atoms with van der Waals surface area (Å²) in [6.07, 6.45) is 1.57. The van der Waals surface area contributed by atoms with Crippen molar-refractivity contribution in [2.45, 2.75) is 18.4 Å². The second-order valence-electron chi connectivity index (χ2n) is 2.93. The molecule has 0 spiro atoms. The predicted octanol–water partition coefficient (Wildman–Crippen LogP) is 1.25. The van der Waals surface area contributed by atoms with E-state index in [-0.39, 0.29) is 12.1 Å². The van der Waals surface area contributed by atoms with Crippen molar-refractivity contribution in [3.63, 3.8) is 0 Å². The van der Waals surface area contributed by atoms with Crippen LogP contribution in [0.2, 0.25) is 5.54 Å². The first kappa shape index (κ1) is 14.3. The Balaban J connectivity index is 4.40. The predicted molar refractivity (Wildman–Crippen MR) is 57.6 cm³/mol. The van der Waals surface area contributed by atoms with E-state index < -0.39 is 8.80 Å². The standard InChI is InChI=1S/C8H19ClO4Si/c1-11-14(12-2,13-3)8(7-10)5-4-6-9/h8,10H,4-7H2,1-3H3. The van der Waals surface area contributed by atoms with Crippen LogP contribution in [-0.4, -0.2) is 47.7 Å². The Kier molecular flexibility index (Phi) is 7.80. The fourth-order valence-corrected chi connectivity index (χ4v) is 3.89. The Labute approximate surface area is 91.5 Å². The fraction of sp³-hybridized carbons (Fsp3) is 1.00. The van der Waals surface area contributed by atoms with Crippen molar-refractivity contribution in [3.8, 4) is 0 Å². The second-order valence-corrected chi connectivity index (χ2v) is 6.55. The molecule has 0 heterocycles. The lowest BCUT2D eigenvalue weighted by molar-refractivity contribution is 0.0963. The van der Waals surface area contributed by atoms with Gasteiger partial charge in [-0.2, -0.15) is 0 Å². The van der Waals surface area contributed by atoms with Crippen LogP contribution in [0.25, 0.3) is 0 Å². The van der Waals surface area contributed by atoms with Crippen LogP contribution in [0, 0.1) is 0 Å². The molecule has 0 saturated heterocycles. The van der Waals surface area contributed by atoms with E-state index in [0.29, 0.717) is 5.88 Å². The normalized spacial score (nSPS) is 14.4. The van der Waals surface area contributed by atoms with Gasteiger partial charge in [-0.15, -0.1) is 11.6 Å². The van der Waals surface area contributed by atoms with E-state index >= 15 is 0 Å². The fourth-order valence-electron chi connectivity index (χ4n) is 1.45. The molecular weight excluding hydrogens is 224 g/mol. The first-order valence-electron chi connectivity index (χ1n) is 4.53. The Morgan fingerprint density at radius 2 is 1.71 bits per heavy atom. The van der Waals surface area contributed by atoms with Crippen molar-refractivity contribution in [2.75, 3.05) is 33.8 Å². The summed E-state index contributed by atoms with van der Waals surface area (Å²) in [4.78, 5) is 0. The molecule has 6 heteroatoms. The van der Waals surface area contributed by atoms with E-state index in [9.17, 15) is 5.11 Å². The van der Waals surface area contributed by atoms with Gasteiger partial charge in [-0.25, -0.2) is 0 Å². The highest BCUT2D eigenvalue weighted by atomic mass is 35.5. The van der Waals surface area contributed by atoms with Crippen LogP contribution in [-0.2, 0) is 13.3 Å². The molecule has 0 aliphatic heterocycles. The van der Waals surface area contributed by atoms with Crippen molar-refractivity contribution >= 4 is 20.4 Å². The Hall–Kier alpha value is 0.347. The number of hydrogen-bond donors (Lipinski definition) is 1. The zero-order chi connectivity index (χ0) is 11.0. The molecule has 0 aliphatic carbocycles. The molecule has 0 aromatic rings. The zero-order valence-corrected chi connectivity index (χ0v) is 10.7. The largest absolute Gasteiger partial charge is 0.505 e. The Morgan fingerprint density at radius 3 is 2.00 bits per heavy atom. The molecular formula is C8H19ClO4Si. The summed E-state index contributed by atoms with van der Waals surface area (Å²) in [6.45, 7) is -0.00136. The van der Waals surface area contributed by atoms with E-state index in [4.69, 9.17) is 24.9 Å². The molecule has 14 heavy (non-hydrogen) atoms. The molecule has 0 amide bonds. The number of aliphatic hydroxyl groups excluding tert-OH is 1. The Bertz CT molecular complexity index is 135. The molecule has 0 rings (SSSR count). The van der Waals surface area contributed by atoms with Gasteiger partial charge in [0, 0.05) is 27.2 Å². The maximum atomic E-state index is 9.23. The van der Waals surface area contributed by atoms with Gasteiger partial charge in [-0.1, -0.05) is 0 Å². The molecule has 1 atom stereocenters. The minimum Gasteiger partial charge on any atom is -0.396 e. The molecule has 0 aromatic carbocycles. The summed E-state index contributed by atoms with van der Waals surface area (Å²) in [6, 6.07) is 0. The molecule has 0 saturated carbocycles. The first-order chi connectivity index (χ1) is 6.70. The molecule has 0 bridgehead atoms. The molecule has 1 N–H and O–H groups in total. The van der Waals surface area contributed by atoms with Crippen molar-refractivity contribution in [3.05, 3.63) is 0 Å². The van der Waals surface area contributed by atoms with Gasteiger partial charge < -0.3 is 18.4 Å². The lowest BCUT2D eigenvalue weighted by Crippen LogP contribution is -2.49. The van der Waals surface area contributed by atoms with Crippen LogP contribution < -0.4 is 0 Å². The van der Waals surface area contributed by atoms with Crippen LogP contribution in [0.1, 0.15) is 12.8 Å². The number of aliphatic hydroxyl groups is 1. The number of hydrogen-bond acceptors (Lipinski definition) is 4. The average Bonchev–Trinajstić information content (AvgIpc) is 2.25. The van der Waals surface area contributed by atoms with E-state index in [2.05, 4.69) is 0 Å². The minimum absolute atomic E-state index is 0.00136. The van der Waals surface area contributed by atoms with Gasteiger partial charge in [-0.3, -0.25) is 0 Å². The van der Waals surface area contributed by atoms with Gasteiger partial charge in [0.2, 0.25) is 0 Å². The van der Waals surface area contributed by atoms with E-state index in [1.54, 1.807) is 21.3 Å². The highest BCUT2D eigenvalue weighted by Gasteiger charge is 2.46. The monoisotopic (exact) mass is 242 g/mol. The first-order valence-corrected chi connectivity index (χ1v) is 6.86. The maximum absolute atomic E-state index is 9.23. The van der Waals surface area contributed by atoms with E-state index in [1.165, 1.54) is 0 Å². The van der Waals surface area contributed by atoms with Crippen LogP contribution in [0.5, 0.6) is 0 Å². The third-order valence-corrected chi connectivity index (χ3v) is 5.71. The molecule has 1 unspecified atom stereocenters. The van der Waals surface area contributed by atoms with Crippen LogP contribution in [0.3, 0.4) is 0 Å². The minimum atomic E-state index is -2.69. The number of alkyl halides is 1. The van der Waals surface area contributed by atoms with Gasteiger partial charge in [0.25, 0.3) is 0 Å². The number of halogens is 1. The van der Waals surface area contributed by atoms with Crippen LogP contribution in [0.4, 0.5) is 0 Å². The third-order valence-electron chi connectivity index (χ3n) is 2.26. The zero-order valence-electron chi connectivity index (χ0n) is 8.96. The molecule has 0 fully saturated rings. The van der Waals surface area contributed by atoms with Crippen molar-refractivity contribution in [1.82, 2.24) is 0 Å². The van der Waals surface area contributed by atoms with Gasteiger partial charge in [0.15, 0.2) is 0 Å². The summed E-state index contributed by atoms with van der Waals surface area (Å²) in [5.41, 5.74) is -0.0961. The number of rotatable bonds is 8. The summed E-state index contributed by atoms with van der Waals surface area (Å²) in [5, 5.41) is 9.23. The summed E-state index contributed by atoms with van der Waals surface area (Å²) in [7, 11) is 1.94. The molecule has 4 nitrogen and oxygen atoms in total.